The quantitative estimate of drug-likeness (QED) is 0.474. The van der Waals surface area contributed by atoms with E-state index in [1.165, 1.54) is 0 Å². The zero-order valence-corrected chi connectivity index (χ0v) is 6.79. The van der Waals surface area contributed by atoms with Gasteiger partial charge in [-0.2, -0.15) is 12.1 Å². The molecule has 0 aromatic heterocycles. The molecule has 3 heteroatoms. The Balaban J connectivity index is 0.000000640. The molecule has 9 heavy (non-hydrogen) atoms. The predicted molar refractivity (Wildman–Crippen MR) is 34.7 cm³/mol. The number of nitrogens with two attached hydrogens (primary N) is 1. The zero-order chi connectivity index (χ0) is 5.98. The van der Waals surface area contributed by atoms with E-state index in [2.05, 4.69) is 6.07 Å². The van der Waals surface area contributed by atoms with Gasteiger partial charge in [-0.25, -0.2) is 0 Å². The third kappa shape index (κ3) is 2.80. The minimum atomic E-state index is 0. The van der Waals surface area contributed by atoms with Crippen LogP contribution in [-0.4, -0.2) is 0 Å². The molecule has 1 aromatic rings. The zero-order valence-electron chi connectivity index (χ0n) is 4.63. The van der Waals surface area contributed by atoms with E-state index in [9.17, 15) is 0 Å². The van der Waals surface area contributed by atoms with Crippen LogP contribution < -0.4 is 5.73 Å². The molecule has 0 bridgehead atoms. The largest absolute Gasteiger partial charge is 0.419 e. The first-order valence-corrected chi connectivity index (χ1v) is 2.59. The van der Waals surface area contributed by atoms with Gasteiger partial charge in [0.25, 0.3) is 0 Å². The van der Waals surface area contributed by atoms with Crippen LogP contribution in [0.2, 0.25) is 5.02 Å². The van der Waals surface area contributed by atoms with E-state index < -0.39 is 0 Å². The van der Waals surface area contributed by atoms with Gasteiger partial charge in [0.2, 0.25) is 0 Å². The molecule has 47 valence electrons. The van der Waals surface area contributed by atoms with Crippen LogP contribution >= 0.6 is 11.6 Å². The molecule has 0 saturated heterocycles. The van der Waals surface area contributed by atoms with E-state index in [4.69, 9.17) is 17.3 Å². The van der Waals surface area contributed by atoms with Gasteiger partial charge in [0, 0.05) is 18.6 Å². The summed E-state index contributed by atoms with van der Waals surface area (Å²) >= 11 is 5.51. The van der Waals surface area contributed by atoms with Crippen molar-refractivity contribution in [3.05, 3.63) is 29.3 Å². The van der Waals surface area contributed by atoms with E-state index in [0.717, 1.165) is 0 Å². The van der Waals surface area contributed by atoms with Crippen molar-refractivity contribution in [2.45, 2.75) is 0 Å². The molecule has 0 aliphatic rings. The van der Waals surface area contributed by atoms with Gasteiger partial charge in [-0.3, -0.25) is 0 Å². The van der Waals surface area contributed by atoms with Gasteiger partial charge in [-0.15, -0.1) is 23.7 Å². The molecule has 0 aliphatic heterocycles. The van der Waals surface area contributed by atoms with Crippen LogP contribution in [0.5, 0.6) is 0 Å². The van der Waals surface area contributed by atoms with Gasteiger partial charge in [0.15, 0.2) is 0 Å². The van der Waals surface area contributed by atoms with Gasteiger partial charge in [-0.1, -0.05) is 10.7 Å². The van der Waals surface area contributed by atoms with Gasteiger partial charge in [0.05, 0.1) is 0 Å². The van der Waals surface area contributed by atoms with Crippen molar-refractivity contribution in [3.8, 4) is 0 Å². The number of nitrogen functional groups attached to an aromatic ring is 1. The molecule has 2 N–H and O–H groups in total. The number of rotatable bonds is 0. The molecule has 1 rings (SSSR count). The van der Waals surface area contributed by atoms with Crippen molar-refractivity contribution < 1.29 is 18.6 Å². The summed E-state index contributed by atoms with van der Waals surface area (Å²) in [5.74, 6) is 0. The summed E-state index contributed by atoms with van der Waals surface area (Å²) < 4.78 is 0. The van der Waals surface area contributed by atoms with Crippen molar-refractivity contribution in [3.63, 3.8) is 0 Å². The Morgan fingerprint density at radius 2 is 2.22 bits per heavy atom. The maximum atomic E-state index is 5.51. The fraction of sp³-hybridized carbons (Fsp3) is 0. The number of hydrogen-bond acceptors (Lipinski definition) is 1. The summed E-state index contributed by atoms with van der Waals surface area (Å²) in [7, 11) is 0. The third-order valence-electron chi connectivity index (χ3n) is 0.790. The second-order valence-corrected chi connectivity index (χ2v) is 1.88. The van der Waals surface area contributed by atoms with Crippen molar-refractivity contribution in [2.24, 2.45) is 0 Å². The predicted octanol–water partition coefficient (Wildman–Crippen LogP) is 1.72. The molecule has 0 spiro atoms. The average molecular weight is 178 g/mol. The van der Waals surface area contributed by atoms with Crippen LogP contribution in [0.15, 0.2) is 18.2 Å². The topological polar surface area (TPSA) is 26.0 Å². The Hall–Kier alpha value is -0.106. The minimum absolute atomic E-state index is 0. The van der Waals surface area contributed by atoms with E-state index in [1.807, 2.05) is 0 Å². The Kier molecular flexibility index (Phi) is 3.79. The number of benzene rings is 1. The van der Waals surface area contributed by atoms with E-state index >= 15 is 0 Å². The molecule has 0 amide bonds. The smallest absolute Gasteiger partial charge is 0 e. The van der Waals surface area contributed by atoms with Crippen LogP contribution in [0, 0.1) is 6.07 Å². The summed E-state index contributed by atoms with van der Waals surface area (Å²) in [6.07, 6.45) is 0. The Labute approximate surface area is 71.1 Å². The molecule has 0 saturated carbocycles. The summed E-state index contributed by atoms with van der Waals surface area (Å²) in [5.41, 5.74) is 6.03. The van der Waals surface area contributed by atoms with Gasteiger partial charge < -0.3 is 5.73 Å². The first-order valence-electron chi connectivity index (χ1n) is 2.22. The maximum Gasteiger partial charge on any atom is 0 e. The Bertz CT molecular complexity index is 173. The molecular formula is C6H5ClNV-. The standard InChI is InChI=1S/C6H5ClN.V/c7-5-2-1-3-6(8)4-5;/h1,3-4H,8H2;/q-1;. The summed E-state index contributed by atoms with van der Waals surface area (Å²) in [4.78, 5) is 0. The summed E-state index contributed by atoms with van der Waals surface area (Å²) in [5, 5.41) is 0.560. The van der Waals surface area contributed by atoms with Crippen LogP contribution in [0.4, 0.5) is 5.69 Å². The monoisotopic (exact) mass is 177 g/mol. The van der Waals surface area contributed by atoms with Crippen LogP contribution in [0.3, 0.4) is 0 Å². The molecule has 1 aromatic carbocycles. The van der Waals surface area contributed by atoms with Crippen molar-refractivity contribution in [1.82, 2.24) is 0 Å². The fourth-order valence-electron chi connectivity index (χ4n) is 0.454. The second kappa shape index (κ2) is 3.83. The van der Waals surface area contributed by atoms with E-state index in [1.54, 1.807) is 18.2 Å². The molecule has 0 aliphatic carbocycles. The van der Waals surface area contributed by atoms with Gasteiger partial charge in [0.1, 0.15) is 0 Å². The summed E-state index contributed by atoms with van der Waals surface area (Å²) in [6, 6.07) is 7.85. The van der Waals surface area contributed by atoms with Crippen LogP contribution in [-0.2, 0) is 18.6 Å². The van der Waals surface area contributed by atoms with E-state index in [-0.39, 0.29) is 18.6 Å². The molecule has 0 heterocycles. The molecule has 1 nitrogen and oxygen atoms in total. The molecule has 0 atom stereocenters. The van der Waals surface area contributed by atoms with Crippen LogP contribution in [0.25, 0.3) is 0 Å². The van der Waals surface area contributed by atoms with Crippen molar-refractivity contribution >= 4 is 17.3 Å². The van der Waals surface area contributed by atoms with Crippen LogP contribution in [0.1, 0.15) is 0 Å². The average Bonchev–Trinajstić information content (AvgIpc) is 1.64. The Morgan fingerprint density at radius 3 is 2.56 bits per heavy atom. The first kappa shape index (κ1) is 8.89. The first-order chi connectivity index (χ1) is 3.79. The minimum Gasteiger partial charge on any atom is -0.419 e. The molecule has 1 radical (unpaired) electrons. The maximum absolute atomic E-state index is 5.51. The van der Waals surface area contributed by atoms with E-state index in [0.29, 0.717) is 10.7 Å². The third-order valence-corrected chi connectivity index (χ3v) is 1.01. The molecule has 0 fully saturated rings. The normalized spacial score (nSPS) is 8.11. The van der Waals surface area contributed by atoms with Gasteiger partial charge in [-0.05, 0) is 0 Å². The summed E-state index contributed by atoms with van der Waals surface area (Å²) in [6.45, 7) is 0. The van der Waals surface area contributed by atoms with Gasteiger partial charge >= 0.3 is 0 Å². The number of halogens is 1. The molecular weight excluding hydrogens is 172 g/mol. The number of hydrogen-bond donors (Lipinski definition) is 1. The van der Waals surface area contributed by atoms with Crippen molar-refractivity contribution in [1.29, 1.82) is 0 Å². The fourth-order valence-corrected chi connectivity index (χ4v) is 0.643. The molecule has 0 unspecified atom stereocenters. The second-order valence-electron chi connectivity index (χ2n) is 1.47. The SMILES string of the molecule is Nc1cc[c-]c(Cl)c1.[V]. The van der Waals surface area contributed by atoms with Crippen molar-refractivity contribution in [2.75, 3.05) is 5.73 Å². The number of anilines is 1. The Morgan fingerprint density at radius 1 is 1.56 bits per heavy atom.